The number of rotatable bonds is 2. The molecule has 0 atom stereocenters. The highest BCUT2D eigenvalue weighted by Gasteiger charge is 2.32. The highest BCUT2D eigenvalue weighted by atomic mass is 35.5. The molecule has 1 aromatic rings. The number of halogens is 4. The van der Waals surface area contributed by atoms with Gasteiger partial charge in [0.2, 0.25) is 5.91 Å². The molecule has 1 aromatic heterocycles. The molecule has 0 unspecified atom stereocenters. The smallest absolute Gasteiger partial charge is 0.334 e. The molecule has 4 nitrogen and oxygen atoms in total. The summed E-state index contributed by atoms with van der Waals surface area (Å²) in [5.74, 6) is -0.156. The zero-order chi connectivity index (χ0) is 15.6. The van der Waals surface area contributed by atoms with Gasteiger partial charge in [-0.3, -0.25) is 9.78 Å². The Balaban J connectivity index is 2.04. The normalized spacial score (nSPS) is 17.1. The molecule has 1 saturated heterocycles. The lowest BCUT2D eigenvalue weighted by molar-refractivity contribution is -0.883. The molecule has 2 rings (SSSR count). The van der Waals surface area contributed by atoms with Crippen molar-refractivity contribution >= 4 is 17.5 Å². The lowest BCUT2D eigenvalue weighted by Crippen LogP contribution is -3.12. The monoisotopic (exact) mass is 322 g/mol. The van der Waals surface area contributed by atoms with Gasteiger partial charge in [0.05, 0.1) is 55.9 Å². The van der Waals surface area contributed by atoms with E-state index >= 15 is 0 Å². The molecule has 0 aromatic carbocycles. The molecule has 1 N–H and O–H groups in total. The average Bonchev–Trinajstić information content (AvgIpc) is 2.40. The number of carbonyl (C=O) groups is 1. The van der Waals surface area contributed by atoms with Crippen molar-refractivity contribution in [2.45, 2.75) is 12.6 Å². The molecule has 0 spiro atoms. The van der Waals surface area contributed by atoms with E-state index in [4.69, 9.17) is 11.6 Å². The Morgan fingerprint density at radius 1 is 1.43 bits per heavy atom. The summed E-state index contributed by atoms with van der Waals surface area (Å²) in [4.78, 5) is 18.8. The molecule has 21 heavy (non-hydrogen) atoms. The number of carbonyl (C=O) groups excluding carboxylic acids is 1. The van der Waals surface area contributed by atoms with Crippen molar-refractivity contribution in [1.82, 2.24) is 9.88 Å². The number of amides is 1. The molecule has 2 heterocycles. The lowest BCUT2D eigenvalue weighted by atomic mass is 10.2. The highest BCUT2D eigenvalue weighted by molar-refractivity contribution is 6.31. The Bertz CT molecular complexity index is 528. The van der Waals surface area contributed by atoms with Crippen LogP contribution < -0.4 is 4.90 Å². The molecular formula is C13H16ClF3N3O+. The van der Waals surface area contributed by atoms with E-state index in [-0.39, 0.29) is 23.0 Å². The third-order valence-electron chi connectivity index (χ3n) is 3.53. The molecule has 0 radical (unpaired) electrons. The van der Waals surface area contributed by atoms with Crippen LogP contribution in [0.4, 0.5) is 13.2 Å². The Morgan fingerprint density at radius 3 is 2.57 bits per heavy atom. The van der Waals surface area contributed by atoms with E-state index in [2.05, 4.69) is 12.0 Å². The molecule has 8 heteroatoms. The van der Waals surface area contributed by atoms with Gasteiger partial charge in [-0.25, -0.2) is 0 Å². The molecule has 1 aliphatic rings. The molecule has 0 saturated carbocycles. The first-order valence-corrected chi connectivity index (χ1v) is 6.96. The van der Waals surface area contributed by atoms with Gasteiger partial charge in [-0.15, -0.1) is 0 Å². The number of alkyl halides is 3. The molecule has 0 bridgehead atoms. The molecular weight excluding hydrogens is 307 g/mol. The zero-order valence-electron chi connectivity index (χ0n) is 11.5. The molecule has 1 fully saturated rings. The minimum atomic E-state index is -4.49. The van der Waals surface area contributed by atoms with Crippen molar-refractivity contribution in [2.24, 2.45) is 0 Å². The molecule has 116 valence electrons. The van der Waals surface area contributed by atoms with Gasteiger partial charge < -0.3 is 9.80 Å². The number of quaternary nitrogens is 1. The summed E-state index contributed by atoms with van der Waals surface area (Å²) in [5, 5.41) is -0.127. The summed E-state index contributed by atoms with van der Waals surface area (Å²) in [5.41, 5.74) is -0.729. The van der Waals surface area contributed by atoms with Crippen LogP contribution in [0.1, 0.15) is 11.3 Å². The predicted octanol–water partition coefficient (Wildman–Crippen LogP) is 0.653. The van der Waals surface area contributed by atoms with E-state index in [1.54, 1.807) is 4.90 Å². The second-order valence-corrected chi connectivity index (χ2v) is 5.57. The number of aromatic nitrogens is 1. The van der Waals surface area contributed by atoms with E-state index in [1.165, 1.54) is 4.90 Å². The summed E-state index contributed by atoms with van der Waals surface area (Å²) in [7, 11) is 2.05. The first-order chi connectivity index (χ1) is 9.77. The summed E-state index contributed by atoms with van der Waals surface area (Å²) >= 11 is 5.80. The molecule has 1 aliphatic heterocycles. The van der Waals surface area contributed by atoms with Gasteiger partial charge in [-0.1, -0.05) is 11.6 Å². The second kappa shape index (κ2) is 6.19. The van der Waals surface area contributed by atoms with E-state index in [9.17, 15) is 18.0 Å². The van der Waals surface area contributed by atoms with Crippen LogP contribution in [0.3, 0.4) is 0 Å². The first-order valence-electron chi connectivity index (χ1n) is 6.58. The van der Waals surface area contributed by atoms with Gasteiger partial charge in [-0.2, -0.15) is 13.2 Å². The summed E-state index contributed by atoms with van der Waals surface area (Å²) in [6, 6.07) is 0.811. The first kappa shape index (κ1) is 16.0. The Labute approximate surface area is 125 Å². The third-order valence-corrected chi connectivity index (χ3v) is 3.86. The number of hydrogen-bond acceptors (Lipinski definition) is 2. The van der Waals surface area contributed by atoms with Crippen LogP contribution >= 0.6 is 11.6 Å². The fraction of sp³-hybridized carbons (Fsp3) is 0.538. The number of nitrogens with one attached hydrogen (secondary N) is 1. The van der Waals surface area contributed by atoms with Gasteiger partial charge in [0.1, 0.15) is 0 Å². The number of piperazine rings is 1. The molecule has 0 aliphatic carbocycles. The number of pyridine rings is 1. The maximum atomic E-state index is 12.5. The van der Waals surface area contributed by atoms with Crippen LogP contribution in [0.2, 0.25) is 5.02 Å². The zero-order valence-corrected chi connectivity index (χ0v) is 12.3. The van der Waals surface area contributed by atoms with E-state index < -0.39 is 11.7 Å². The summed E-state index contributed by atoms with van der Waals surface area (Å²) in [6.45, 7) is 3.01. The second-order valence-electron chi connectivity index (χ2n) is 5.16. The van der Waals surface area contributed by atoms with Crippen molar-refractivity contribution in [3.05, 3.63) is 28.5 Å². The quantitative estimate of drug-likeness (QED) is 0.868. The minimum Gasteiger partial charge on any atom is -0.334 e. The number of nitrogens with zero attached hydrogens (tertiary/aromatic N) is 2. The minimum absolute atomic E-state index is 0.0734. The Hall–Kier alpha value is -1.34. The van der Waals surface area contributed by atoms with Crippen LogP contribution in [0, 0.1) is 0 Å². The van der Waals surface area contributed by atoms with Crippen LogP contribution in [0.15, 0.2) is 12.3 Å². The van der Waals surface area contributed by atoms with Crippen molar-refractivity contribution < 1.29 is 22.9 Å². The number of likely N-dealkylation sites (N-methyl/N-ethyl adjacent to an activating group) is 1. The van der Waals surface area contributed by atoms with Crippen molar-refractivity contribution in [1.29, 1.82) is 0 Å². The SMILES string of the molecule is C[NH+]1CCN(C(=O)Cc2ncc(C(F)(F)F)cc2Cl)CC1. The summed E-state index contributed by atoms with van der Waals surface area (Å²) < 4.78 is 37.5. The largest absolute Gasteiger partial charge is 0.417 e. The Kier molecular flexibility index (Phi) is 4.73. The van der Waals surface area contributed by atoms with Gasteiger partial charge >= 0.3 is 6.18 Å². The van der Waals surface area contributed by atoms with E-state index in [0.717, 1.165) is 19.2 Å². The lowest BCUT2D eigenvalue weighted by Gasteiger charge is -2.30. The number of hydrogen-bond donors (Lipinski definition) is 1. The van der Waals surface area contributed by atoms with Gasteiger partial charge in [0.15, 0.2) is 0 Å². The maximum Gasteiger partial charge on any atom is 0.417 e. The Morgan fingerprint density at radius 2 is 2.05 bits per heavy atom. The third kappa shape index (κ3) is 4.07. The fourth-order valence-corrected chi connectivity index (χ4v) is 2.38. The van der Waals surface area contributed by atoms with E-state index in [1.807, 2.05) is 0 Å². The van der Waals surface area contributed by atoms with Gasteiger partial charge in [-0.05, 0) is 6.07 Å². The fourth-order valence-electron chi connectivity index (χ4n) is 2.14. The van der Waals surface area contributed by atoms with Crippen molar-refractivity contribution in [2.75, 3.05) is 33.2 Å². The summed E-state index contributed by atoms with van der Waals surface area (Å²) in [6.07, 6.45) is -3.85. The van der Waals surface area contributed by atoms with Crippen LogP contribution in [0.5, 0.6) is 0 Å². The van der Waals surface area contributed by atoms with Crippen molar-refractivity contribution in [3.63, 3.8) is 0 Å². The average molecular weight is 323 g/mol. The maximum absolute atomic E-state index is 12.5. The standard InChI is InChI=1S/C13H15ClF3N3O/c1-19-2-4-20(5-3-19)12(21)7-11-10(14)6-9(8-18-11)13(15,16)17/h6,8H,2-5,7H2,1H3/p+1. The molecule has 1 amide bonds. The van der Waals surface area contributed by atoms with Gasteiger partial charge in [0.25, 0.3) is 0 Å². The van der Waals surface area contributed by atoms with Crippen molar-refractivity contribution in [3.8, 4) is 0 Å². The van der Waals surface area contributed by atoms with Crippen LogP contribution in [-0.4, -0.2) is 49.0 Å². The van der Waals surface area contributed by atoms with Gasteiger partial charge in [0, 0.05) is 6.20 Å². The van der Waals surface area contributed by atoms with Crippen LogP contribution in [0.25, 0.3) is 0 Å². The highest BCUT2D eigenvalue weighted by Crippen LogP contribution is 2.31. The topological polar surface area (TPSA) is 37.6 Å². The predicted molar refractivity (Wildman–Crippen MR) is 71.2 cm³/mol. The van der Waals surface area contributed by atoms with Crippen LogP contribution in [-0.2, 0) is 17.4 Å². The van der Waals surface area contributed by atoms with E-state index in [0.29, 0.717) is 19.3 Å².